The van der Waals surface area contributed by atoms with Crippen LogP contribution in [0.15, 0.2) is 0 Å². The molecule has 3 nitrogen and oxygen atoms in total. The van der Waals surface area contributed by atoms with Crippen molar-refractivity contribution in [3.05, 3.63) is 0 Å². The van der Waals surface area contributed by atoms with Crippen molar-refractivity contribution >= 4 is 5.78 Å². The van der Waals surface area contributed by atoms with E-state index in [0.29, 0.717) is 25.4 Å². The van der Waals surface area contributed by atoms with Gasteiger partial charge >= 0.3 is 0 Å². The van der Waals surface area contributed by atoms with Crippen LogP contribution in [0.5, 0.6) is 0 Å². The molecule has 1 heterocycles. The van der Waals surface area contributed by atoms with Gasteiger partial charge < -0.3 is 9.64 Å². The second-order valence-electron chi connectivity index (χ2n) is 5.14. The standard InChI is InChI=1S/C13H23NO2/c1-2-14(8-11-4-3-5-11)9-12-10-16-7-6-13(12)15/h11-12H,2-10H2,1H3. The van der Waals surface area contributed by atoms with Gasteiger partial charge in [0, 0.05) is 19.5 Å². The monoisotopic (exact) mass is 225 g/mol. The fourth-order valence-electron chi connectivity index (χ4n) is 2.53. The normalized spacial score (nSPS) is 27.1. The van der Waals surface area contributed by atoms with Crippen molar-refractivity contribution in [3.63, 3.8) is 0 Å². The lowest BCUT2D eigenvalue weighted by Gasteiger charge is -2.34. The molecule has 2 rings (SSSR count). The molecule has 1 aliphatic heterocycles. The van der Waals surface area contributed by atoms with E-state index in [1.165, 1.54) is 25.8 Å². The summed E-state index contributed by atoms with van der Waals surface area (Å²) >= 11 is 0. The summed E-state index contributed by atoms with van der Waals surface area (Å²) in [6, 6.07) is 0. The SMILES string of the molecule is CCN(CC1CCC1)CC1COCCC1=O. The predicted molar refractivity (Wildman–Crippen MR) is 63.4 cm³/mol. The summed E-state index contributed by atoms with van der Waals surface area (Å²) < 4.78 is 5.40. The Hall–Kier alpha value is -0.410. The lowest BCUT2D eigenvalue weighted by atomic mass is 9.85. The molecule has 1 saturated heterocycles. The molecule has 92 valence electrons. The molecule has 0 radical (unpaired) electrons. The summed E-state index contributed by atoms with van der Waals surface area (Å²) in [5.41, 5.74) is 0. The van der Waals surface area contributed by atoms with Crippen molar-refractivity contribution in [1.29, 1.82) is 0 Å². The van der Waals surface area contributed by atoms with Gasteiger partial charge in [0.05, 0.1) is 19.1 Å². The van der Waals surface area contributed by atoms with E-state index in [0.717, 1.165) is 19.0 Å². The van der Waals surface area contributed by atoms with E-state index in [9.17, 15) is 4.79 Å². The third-order valence-corrected chi connectivity index (χ3v) is 3.93. The summed E-state index contributed by atoms with van der Waals surface area (Å²) in [6.07, 6.45) is 4.77. The Balaban J connectivity index is 1.77. The van der Waals surface area contributed by atoms with Crippen LogP contribution >= 0.6 is 0 Å². The molecule has 1 atom stereocenters. The number of hydrogen-bond acceptors (Lipinski definition) is 3. The van der Waals surface area contributed by atoms with Crippen LogP contribution in [-0.4, -0.2) is 43.5 Å². The number of nitrogens with zero attached hydrogens (tertiary/aromatic N) is 1. The molecule has 0 N–H and O–H groups in total. The van der Waals surface area contributed by atoms with Gasteiger partial charge in [-0.3, -0.25) is 4.79 Å². The van der Waals surface area contributed by atoms with Crippen LogP contribution in [-0.2, 0) is 9.53 Å². The lowest BCUT2D eigenvalue weighted by Crippen LogP contribution is -2.41. The van der Waals surface area contributed by atoms with Gasteiger partial charge in [0.1, 0.15) is 5.78 Å². The topological polar surface area (TPSA) is 29.5 Å². The minimum Gasteiger partial charge on any atom is -0.380 e. The molecule has 0 bridgehead atoms. The smallest absolute Gasteiger partial charge is 0.141 e. The summed E-state index contributed by atoms with van der Waals surface area (Å²) in [7, 11) is 0. The Bertz CT molecular complexity index is 238. The fourth-order valence-corrected chi connectivity index (χ4v) is 2.53. The van der Waals surface area contributed by atoms with Crippen molar-refractivity contribution in [2.24, 2.45) is 11.8 Å². The molecule has 2 aliphatic rings. The number of rotatable bonds is 5. The zero-order valence-electron chi connectivity index (χ0n) is 10.3. The molecule has 3 heteroatoms. The van der Waals surface area contributed by atoms with E-state index in [2.05, 4.69) is 11.8 Å². The van der Waals surface area contributed by atoms with Crippen LogP contribution in [0.2, 0.25) is 0 Å². The Kier molecular flexibility index (Phi) is 4.36. The molecule has 0 aromatic heterocycles. The molecule has 2 fully saturated rings. The second-order valence-corrected chi connectivity index (χ2v) is 5.14. The highest BCUT2D eigenvalue weighted by atomic mass is 16.5. The molecule has 0 aromatic carbocycles. The predicted octanol–water partition coefficient (Wildman–Crippen LogP) is 1.71. The molecular weight excluding hydrogens is 202 g/mol. The minimum atomic E-state index is 0.133. The number of hydrogen-bond donors (Lipinski definition) is 0. The van der Waals surface area contributed by atoms with E-state index < -0.39 is 0 Å². The minimum absolute atomic E-state index is 0.133. The number of ether oxygens (including phenoxy) is 1. The van der Waals surface area contributed by atoms with Gasteiger partial charge in [0.25, 0.3) is 0 Å². The van der Waals surface area contributed by atoms with Gasteiger partial charge in [-0.15, -0.1) is 0 Å². The summed E-state index contributed by atoms with van der Waals surface area (Å²) in [4.78, 5) is 14.1. The third-order valence-electron chi connectivity index (χ3n) is 3.93. The van der Waals surface area contributed by atoms with Crippen molar-refractivity contribution in [2.75, 3.05) is 32.8 Å². The van der Waals surface area contributed by atoms with Crippen LogP contribution in [0.3, 0.4) is 0 Å². The lowest BCUT2D eigenvalue weighted by molar-refractivity contribution is -0.131. The maximum absolute atomic E-state index is 11.7. The first-order chi connectivity index (χ1) is 7.79. The average Bonchev–Trinajstić information content (AvgIpc) is 2.24. The van der Waals surface area contributed by atoms with E-state index >= 15 is 0 Å². The second kappa shape index (κ2) is 5.78. The molecular formula is C13H23NO2. The molecule has 1 unspecified atom stereocenters. The van der Waals surface area contributed by atoms with Crippen LogP contribution < -0.4 is 0 Å². The summed E-state index contributed by atoms with van der Waals surface area (Å²) in [5, 5.41) is 0. The Morgan fingerprint density at radius 3 is 2.75 bits per heavy atom. The highest BCUT2D eigenvalue weighted by molar-refractivity contribution is 5.82. The van der Waals surface area contributed by atoms with E-state index in [-0.39, 0.29) is 5.92 Å². The van der Waals surface area contributed by atoms with Crippen LogP contribution in [0.1, 0.15) is 32.6 Å². The third kappa shape index (κ3) is 3.05. The number of carbonyl (C=O) groups excluding carboxylic acids is 1. The molecule has 16 heavy (non-hydrogen) atoms. The highest BCUT2D eigenvalue weighted by Gasteiger charge is 2.26. The van der Waals surface area contributed by atoms with Gasteiger partial charge in [0.2, 0.25) is 0 Å². The first-order valence-corrected chi connectivity index (χ1v) is 6.62. The summed E-state index contributed by atoms with van der Waals surface area (Å²) in [6.45, 7) is 6.60. The molecule has 1 aliphatic carbocycles. The number of carbonyl (C=O) groups is 1. The van der Waals surface area contributed by atoms with Gasteiger partial charge in [-0.05, 0) is 25.3 Å². The fraction of sp³-hybridized carbons (Fsp3) is 0.923. The van der Waals surface area contributed by atoms with Crippen molar-refractivity contribution in [3.8, 4) is 0 Å². The maximum Gasteiger partial charge on any atom is 0.141 e. The zero-order chi connectivity index (χ0) is 11.4. The highest BCUT2D eigenvalue weighted by Crippen LogP contribution is 2.27. The zero-order valence-corrected chi connectivity index (χ0v) is 10.3. The average molecular weight is 225 g/mol. The molecule has 0 amide bonds. The largest absolute Gasteiger partial charge is 0.380 e. The molecule has 0 aromatic rings. The molecule has 0 spiro atoms. The number of Topliss-reactive ketones (excluding diaryl/α,β-unsaturated/α-hetero) is 1. The first-order valence-electron chi connectivity index (χ1n) is 6.62. The Morgan fingerprint density at radius 1 is 1.38 bits per heavy atom. The van der Waals surface area contributed by atoms with Gasteiger partial charge in [-0.25, -0.2) is 0 Å². The van der Waals surface area contributed by atoms with Crippen molar-refractivity contribution in [2.45, 2.75) is 32.6 Å². The summed E-state index contributed by atoms with van der Waals surface area (Å²) in [5.74, 6) is 1.42. The van der Waals surface area contributed by atoms with E-state index in [1.54, 1.807) is 0 Å². The van der Waals surface area contributed by atoms with E-state index in [4.69, 9.17) is 4.74 Å². The van der Waals surface area contributed by atoms with Crippen LogP contribution in [0.25, 0.3) is 0 Å². The number of ketones is 1. The molecule has 1 saturated carbocycles. The Morgan fingerprint density at radius 2 is 2.19 bits per heavy atom. The van der Waals surface area contributed by atoms with Gasteiger partial charge in [-0.2, -0.15) is 0 Å². The van der Waals surface area contributed by atoms with Crippen LogP contribution in [0.4, 0.5) is 0 Å². The van der Waals surface area contributed by atoms with Gasteiger partial charge in [-0.1, -0.05) is 13.3 Å². The first kappa shape index (κ1) is 12.1. The maximum atomic E-state index is 11.7. The van der Waals surface area contributed by atoms with E-state index in [1.807, 2.05) is 0 Å². The van der Waals surface area contributed by atoms with Crippen molar-refractivity contribution in [1.82, 2.24) is 4.90 Å². The quantitative estimate of drug-likeness (QED) is 0.713. The van der Waals surface area contributed by atoms with Crippen LogP contribution in [0, 0.1) is 11.8 Å². The Labute approximate surface area is 98.1 Å². The van der Waals surface area contributed by atoms with Gasteiger partial charge in [0.15, 0.2) is 0 Å². The van der Waals surface area contributed by atoms with Crippen molar-refractivity contribution < 1.29 is 9.53 Å².